The maximum atomic E-state index is 12.8. The van der Waals surface area contributed by atoms with Crippen molar-refractivity contribution >= 4 is 11.7 Å². The first kappa shape index (κ1) is 24.1. The third-order valence-electron chi connectivity index (χ3n) is 4.11. The van der Waals surface area contributed by atoms with Crippen LogP contribution in [0.2, 0.25) is 0 Å². The van der Waals surface area contributed by atoms with Crippen molar-refractivity contribution in [1.29, 1.82) is 0 Å². The molecule has 0 aliphatic carbocycles. The van der Waals surface area contributed by atoms with Crippen LogP contribution in [0, 0.1) is 11.3 Å². The smallest absolute Gasteiger partial charge is 0.237 e. The topological polar surface area (TPSA) is 84.2 Å². The Morgan fingerprint density at radius 3 is 1.92 bits per heavy atom. The summed E-state index contributed by atoms with van der Waals surface area (Å²) in [5.41, 5.74) is 4.90. The summed E-state index contributed by atoms with van der Waals surface area (Å²) in [5.74, 6) is 0.139. The zero-order valence-electron chi connectivity index (χ0n) is 17.7. The fourth-order valence-electron chi connectivity index (χ4n) is 2.72. The quantitative estimate of drug-likeness (QED) is 0.526. The van der Waals surface area contributed by atoms with Gasteiger partial charge in [-0.1, -0.05) is 47.5 Å². The van der Waals surface area contributed by atoms with E-state index >= 15 is 0 Å². The molecular formula is C20H41N3O2. The van der Waals surface area contributed by atoms with E-state index < -0.39 is 11.5 Å². The maximum Gasteiger partial charge on any atom is 0.237 e. The van der Waals surface area contributed by atoms with Crippen molar-refractivity contribution in [3.8, 4) is 0 Å². The van der Waals surface area contributed by atoms with E-state index in [-0.39, 0.29) is 29.2 Å². The Bertz CT molecular complexity index is 420. The highest BCUT2D eigenvalue weighted by molar-refractivity contribution is 5.93. The van der Waals surface area contributed by atoms with Gasteiger partial charge in [-0.2, -0.15) is 0 Å². The van der Waals surface area contributed by atoms with Gasteiger partial charge in [-0.15, -0.1) is 0 Å². The van der Waals surface area contributed by atoms with Crippen LogP contribution in [0.1, 0.15) is 81.1 Å². The van der Waals surface area contributed by atoms with E-state index in [9.17, 15) is 9.59 Å². The van der Waals surface area contributed by atoms with Gasteiger partial charge in [-0.25, -0.2) is 0 Å². The second-order valence-electron chi connectivity index (χ2n) is 9.43. The van der Waals surface area contributed by atoms with E-state index in [1.807, 2.05) is 55.4 Å². The zero-order valence-corrected chi connectivity index (χ0v) is 17.7. The molecule has 0 aromatic rings. The van der Waals surface area contributed by atoms with Gasteiger partial charge < -0.3 is 16.4 Å². The van der Waals surface area contributed by atoms with Crippen molar-refractivity contribution in [2.24, 2.45) is 17.1 Å². The first-order valence-corrected chi connectivity index (χ1v) is 9.62. The molecule has 0 rings (SSSR count). The lowest BCUT2D eigenvalue weighted by molar-refractivity contribution is -0.134. The molecule has 0 spiro atoms. The fraction of sp³-hybridized carbons (Fsp3) is 0.900. The zero-order chi connectivity index (χ0) is 19.8. The molecule has 5 heteroatoms. The average Bonchev–Trinajstić information content (AvgIpc) is 2.44. The van der Waals surface area contributed by atoms with Gasteiger partial charge in [0.1, 0.15) is 0 Å². The van der Waals surface area contributed by atoms with Gasteiger partial charge in [0.25, 0.3) is 0 Å². The van der Waals surface area contributed by atoms with Crippen molar-refractivity contribution in [3.63, 3.8) is 0 Å². The first-order chi connectivity index (χ1) is 11.3. The molecule has 148 valence electrons. The second-order valence-corrected chi connectivity index (χ2v) is 9.43. The number of hydrogen-bond donors (Lipinski definition) is 3. The largest absolute Gasteiger partial charge is 0.345 e. The Kier molecular flexibility index (Phi) is 9.88. The van der Waals surface area contributed by atoms with Crippen LogP contribution in [0.3, 0.4) is 0 Å². The van der Waals surface area contributed by atoms with Crippen LogP contribution in [0.4, 0.5) is 0 Å². The van der Waals surface area contributed by atoms with Gasteiger partial charge in [-0.3, -0.25) is 9.59 Å². The molecule has 0 radical (unpaired) electrons. The minimum Gasteiger partial charge on any atom is -0.345 e. The van der Waals surface area contributed by atoms with Crippen molar-refractivity contribution in [2.75, 3.05) is 6.54 Å². The number of carbonyl (C=O) groups excluding carboxylic acids is 2. The van der Waals surface area contributed by atoms with Crippen LogP contribution < -0.4 is 16.4 Å². The summed E-state index contributed by atoms with van der Waals surface area (Å²) < 4.78 is 0. The maximum absolute atomic E-state index is 12.8. The predicted molar refractivity (Wildman–Crippen MR) is 105 cm³/mol. The molecule has 0 aliphatic rings. The number of hydrogen-bond acceptors (Lipinski definition) is 4. The van der Waals surface area contributed by atoms with E-state index in [1.54, 1.807) is 0 Å². The molecule has 0 aliphatic heterocycles. The molecule has 0 heterocycles. The van der Waals surface area contributed by atoms with E-state index in [0.717, 1.165) is 19.3 Å². The third kappa shape index (κ3) is 9.95. The lowest BCUT2D eigenvalue weighted by Crippen LogP contribution is -2.57. The van der Waals surface area contributed by atoms with Crippen LogP contribution >= 0.6 is 0 Å². The number of Topliss-reactive ketones (excluding diaryl/α,β-unsaturated/α-hetero) is 1. The highest BCUT2D eigenvalue weighted by Gasteiger charge is 2.33. The van der Waals surface area contributed by atoms with Gasteiger partial charge in [0, 0.05) is 11.0 Å². The van der Waals surface area contributed by atoms with Crippen molar-refractivity contribution in [1.82, 2.24) is 10.6 Å². The number of unbranched alkanes of at least 4 members (excludes halogenated alkanes) is 2. The van der Waals surface area contributed by atoms with E-state index in [0.29, 0.717) is 13.0 Å². The lowest BCUT2D eigenvalue weighted by atomic mass is 9.84. The summed E-state index contributed by atoms with van der Waals surface area (Å²) in [4.78, 5) is 25.6. The normalized spacial score (nSPS) is 15.1. The lowest BCUT2D eigenvalue weighted by Gasteiger charge is -2.32. The number of carbonyl (C=O) groups is 2. The van der Waals surface area contributed by atoms with Crippen molar-refractivity contribution in [3.05, 3.63) is 0 Å². The molecule has 0 saturated heterocycles. The molecule has 0 aromatic carbocycles. The first-order valence-electron chi connectivity index (χ1n) is 9.62. The summed E-state index contributed by atoms with van der Waals surface area (Å²) in [7, 11) is 0. The monoisotopic (exact) mass is 355 g/mol. The summed E-state index contributed by atoms with van der Waals surface area (Å²) in [5, 5.41) is 6.40. The number of nitrogens with two attached hydrogens (primary N) is 1. The summed E-state index contributed by atoms with van der Waals surface area (Å²) >= 11 is 0. The van der Waals surface area contributed by atoms with Crippen LogP contribution in [-0.4, -0.2) is 35.9 Å². The van der Waals surface area contributed by atoms with Gasteiger partial charge in [0.2, 0.25) is 5.91 Å². The molecule has 0 aromatic heterocycles. The molecule has 0 fully saturated rings. The summed E-state index contributed by atoms with van der Waals surface area (Å²) in [6.45, 7) is 16.5. The Hall–Kier alpha value is -0.940. The second kappa shape index (κ2) is 10.3. The standard InChI is InChI=1S/C20H41N3O2/c1-14(2)16(23-20(6,7)8)18(25)22-15(12-10-9-11-13-21)17(24)19(3,4)5/h14-16,23H,9-13,21H2,1-8H3,(H,22,25)/t15-,16-/m0/s1. The fourth-order valence-corrected chi connectivity index (χ4v) is 2.72. The van der Waals surface area contributed by atoms with Crippen LogP contribution in [0.5, 0.6) is 0 Å². The molecular weight excluding hydrogens is 314 g/mol. The highest BCUT2D eigenvalue weighted by Crippen LogP contribution is 2.20. The van der Waals surface area contributed by atoms with Crippen LogP contribution in [0.15, 0.2) is 0 Å². The molecule has 0 saturated carbocycles. The average molecular weight is 356 g/mol. The van der Waals surface area contributed by atoms with Crippen LogP contribution in [0.25, 0.3) is 0 Å². The SMILES string of the molecule is CC(C)[C@H](NC(C)(C)C)C(=O)N[C@@H](CCCCCN)C(=O)C(C)(C)C. The van der Waals surface area contributed by atoms with E-state index in [1.165, 1.54) is 0 Å². The third-order valence-corrected chi connectivity index (χ3v) is 4.11. The predicted octanol–water partition coefficient (Wildman–Crippen LogP) is 3.02. The number of ketones is 1. The Balaban J connectivity index is 5.11. The van der Waals surface area contributed by atoms with E-state index in [2.05, 4.69) is 10.6 Å². The molecule has 0 unspecified atom stereocenters. The van der Waals surface area contributed by atoms with Gasteiger partial charge >= 0.3 is 0 Å². The molecule has 0 bridgehead atoms. The summed E-state index contributed by atoms with van der Waals surface area (Å²) in [6, 6.07) is -0.757. The molecule has 4 N–H and O–H groups in total. The molecule has 1 amide bonds. The molecule has 25 heavy (non-hydrogen) atoms. The highest BCUT2D eigenvalue weighted by atomic mass is 16.2. The van der Waals surface area contributed by atoms with Crippen LogP contribution in [-0.2, 0) is 9.59 Å². The molecule has 2 atom stereocenters. The van der Waals surface area contributed by atoms with Gasteiger partial charge in [-0.05, 0) is 46.1 Å². The minimum absolute atomic E-state index is 0.0897. The Morgan fingerprint density at radius 2 is 1.52 bits per heavy atom. The Morgan fingerprint density at radius 1 is 0.960 bits per heavy atom. The number of nitrogens with one attached hydrogen (secondary N) is 2. The number of rotatable bonds is 10. The van der Waals surface area contributed by atoms with Crippen molar-refractivity contribution < 1.29 is 9.59 Å². The summed E-state index contributed by atoms with van der Waals surface area (Å²) in [6.07, 6.45) is 3.49. The minimum atomic E-state index is -0.476. The van der Waals surface area contributed by atoms with Crippen molar-refractivity contribution in [2.45, 2.75) is 98.7 Å². The Labute approximate surface area is 154 Å². The number of amides is 1. The molecule has 5 nitrogen and oxygen atoms in total. The van der Waals surface area contributed by atoms with Gasteiger partial charge in [0.05, 0.1) is 12.1 Å². The van der Waals surface area contributed by atoms with Gasteiger partial charge in [0.15, 0.2) is 5.78 Å². The van der Waals surface area contributed by atoms with E-state index in [4.69, 9.17) is 5.73 Å².